The van der Waals surface area contributed by atoms with Crippen LogP contribution in [0.1, 0.15) is 10.4 Å². The average molecular weight is 255 g/mol. The predicted molar refractivity (Wildman–Crippen MR) is 45.0 cm³/mol. The molecule has 0 amide bonds. The molecule has 0 unspecified atom stereocenters. The van der Waals surface area contributed by atoms with Gasteiger partial charge in [-0.15, -0.1) is 0 Å². The number of nitrogens with two attached hydrogens (primary N) is 1. The number of nitrogen functional groups attached to an aromatic ring is 1. The fourth-order valence-corrected chi connectivity index (χ4v) is 1.38. The molecule has 0 atom stereocenters. The summed E-state index contributed by atoms with van der Waals surface area (Å²) in [6, 6.07) is 2.80. The second-order valence-electron chi connectivity index (χ2n) is 2.51. The van der Waals surface area contributed by atoms with Gasteiger partial charge in [0.15, 0.2) is 0 Å². The standard InChI is InChI=1S/C7H7NO5S.K/c8-6-2-1-4(14(11,12)13)3-5(6)7(9)10;/h1-3H,8H2,(H,9,10)(H,11,12,13);/q;+1/p-1. The molecular formula is C7H6KNO5S. The molecule has 0 bridgehead atoms. The summed E-state index contributed by atoms with van der Waals surface area (Å²) in [6.45, 7) is 0. The molecule has 0 saturated heterocycles. The van der Waals surface area contributed by atoms with E-state index in [0.29, 0.717) is 0 Å². The SMILES string of the molecule is Nc1ccc(S(=O)(=O)O)cc1C(=O)[O-].[K+]. The third kappa shape index (κ3) is 3.83. The maximum atomic E-state index is 10.6. The molecule has 1 aromatic carbocycles. The van der Waals surface area contributed by atoms with Crippen LogP contribution < -0.4 is 62.2 Å². The normalized spacial score (nSPS) is 10.5. The van der Waals surface area contributed by atoms with E-state index in [4.69, 9.17) is 10.3 Å². The fraction of sp³-hybridized carbons (Fsp3) is 0. The van der Waals surface area contributed by atoms with Crippen molar-refractivity contribution in [2.24, 2.45) is 0 Å². The van der Waals surface area contributed by atoms with Crippen LogP contribution in [-0.2, 0) is 10.1 Å². The number of carbonyl (C=O) groups excluding carboxylic acids is 1. The summed E-state index contributed by atoms with van der Waals surface area (Å²) in [5.74, 6) is -1.60. The first-order valence-electron chi connectivity index (χ1n) is 3.40. The van der Waals surface area contributed by atoms with E-state index < -0.39 is 26.5 Å². The molecule has 0 fully saturated rings. The van der Waals surface area contributed by atoms with E-state index in [-0.39, 0.29) is 57.1 Å². The van der Waals surface area contributed by atoms with Gasteiger partial charge in [0.1, 0.15) is 0 Å². The van der Waals surface area contributed by atoms with Gasteiger partial charge in [-0.1, -0.05) is 0 Å². The van der Waals surface area contributed by atoms with E-state index in [1.807, 2.05) is 0 Å². The van der Waals surface area contributed by atoms with Gasteiger partial charge in [0.25, 0.3) is 10.1 Å². The number of rotatable bonds is 2. The van der Waals surface area contributed by atoms with E-state index in [2.05, 4.69) is 0 Å². The van der Waals surface area contributed by atoms with E-state index in [9.17, 15) is 18.3 Å². The number of aromatic carboxylic acids is 1. The summed E-state index contributed by atoms with van der Waals surface area (Å²) >= 11 is 0. The second-order valence-corrected chi connectivity index (χ2v) is 3.93. The Bertz CT molecular complexity index is 484. The van der Waals surface area contributed by atoms with Crippen LogP contribution in [0, 0.1) is 0 Å². The van der Waals surface area contributed by atoms with Gasteiger partial charge in [0, 0.05) is 11.3 Å². The molecule has 8 heteroatoms. The monoisotopic (exact) mass is 255 g/mol. The van der Waals surface area contributed by atoms with Gasteiger partial charge in [-0.3, -0.25) is 4.55 Å². The first-order valence-corrected chi connectivity index (χ1v) is 4.85. The molecule has 1 aromatic rings. The Morgan fingerprint density at radius 3 is 2.33 bits per heavy atom. The van der Waals surface area contributed by atoms with Crippen molar-refractivity contribution in [2.75, 3.05) is 5.73 Å². The number of carboxylic acids is 1. The molecule has 0 saturated carbocycles. The number of hydrogen-bond donors (Lipinski definition) is 2. The molecule has 0 aliphatic carbocycles. The first kappa shape index (κ1) is 15.0. The Hall–Kier alpha value is 0.0364. The van der Waals surface area contributed by atoms with Gasteiger partial charge in [0.2, 0.25) is 0 Å². The summed E-state index contributed by atoms with van der Waals surface area (Å²) in [4.78, 5) is 9.90. The fourth-order valence-electron chi connectivity index (χ4n) is 0.873. The predicted octanol–water partition coefficient (Wildman–Crippen LogP) is -4.12. The molecule has 0 spiro atoms. The minimum absolute atomic E-state index is 0. The zero-order valence-corrected chi connectivity index (χ0v) is 11.7. The minimum atomic E-state index is -4.42. The van der Waals surface area contributed by atoms with Crippen LogP contribution in [0.3, 0.4) is 0 Å². The third-order valence-electron chi connectivity index (χ3n) is 1.54. The third-order valence-corrected chi connectivity index (χ3v) is 2.39. The Balaban J connectivity index is 0.00000196. The molecule has 0 aliphatic rings. The van der Waals surface area contributed by atoms with Crippen LogP contribution in [0.25, 0.3) is 0 Å². The topological polar surface area (TPSA) is 121 Å². The zero-order chi connectivity index (χ0) is 10.9. The molecule has 3 N–H and O–H groups in total. The van der Waals surface area contributed by atoms with Gasteiger partial charge < -0.3 is 15.6 Å². The zero-order valence-electron chi connectivity index (χ0n) is 7.80. The van der Waals surface area contributed by atoms with Crippen LogP contribution in [-0.4, -0.2) is 18.9 Å². The van der Waals surface area contributed by atoms with Crippen molar-refractivity contribution < 1.29 is 74.3 Å². The number of carboxylic acid groups (broad SMARTS) is 1. The molecule has 0 aromatic heterocycles. The number of hydrogen-bond acceptors (Lipinski definition) is 5. The molecule has 15 heavy (non-hydrogen) atoms. The Morgan fingerprint density at radius 2 is 1.93 bits per heavy atom. The average Bonchev–Trinajstić information content (AvgIpc) is 2.02. The van der Waals surface area contributed by atoms with Crippen LogP contribution in [0.15, 0.2) is 23.1 Å². The number of anilines is 1. The summed E-state index contributed by atoms with van der Waals surface area (Å²) < 4.78 is 29.8. The van der Waals surface area contributed by atoms with Crippen molar-refractivity contribution in [3.63, 3.8) is 0 Å². The van der Waals surface area contributed by atoms with Crippen LogP contribution >= 0.6 is 0 Å². The molecular weight excluding hydrogens is 249 g/mol. The van der Waals surface area contributed by atoms with E-state index in [1.165, 1.54) is 0 Å². The van der Waals surface area contributed by atoms with Crippen molar-refractivity contribution in [1.29, 1.82) is 0 Å². The maximum absolute atomic E-state index is 10.6. The Kier molecular flexibility index (Phi) is 5.40. The van der Waals surface area contributed by atoms with E-state index in [0.717, 1.165) is 18.2 Å². The van der Waals surface area contributed by atoms with Crippen molar-refractivity contribution in [3.05, 3.63) is 23.8 Å². The summed E-state index contributed by atoms with van der Waals surface area (Å²) in [5, 5.41) is 10.4. The number of carbonyl (C=O) groups is 1. The molecule has 6 nitrogen and oxygen atoms in total. The molecule has 0 heterocycles. The summed E-state index contributed by atoms with van der Waals surface area (Å²) in [7, 11) is -4.42. The molecule has 0 aliphatic heterocycles. The number of benzene rings is 1. The van der Waals surface area contributed by atoms with Gasteiger partial charge in [-0.25, -0.2) is 0 Å². The quantitative estimate of drug-likeness (QED) is 0.315. The molecule has 0 radical (unpaired) electrons. The Morgan fingerprint density at radius 1 is 1.40 bits per heavy atom. The largest absolute Gasteiger partial charge is 1.00 e. The second kappa shape index (κ2) is 5.39. The minimum Gasteiger partial charge on any atom is -0.545 e. The van der Waals surface area contributed by atoms with E-state index >= 15 is 0 Å². The van der Waals surface area contributed by atoms with Crippen LogP contribution in [0.4, 0.5) is 5.69 Å². The van der Waals surface area contributed by atoms with Gasteiger partial charge in [-0.05, 0) is 18.2 Å². The Labute approximate surface area is 129 Å². The summed E-state index contributed by atoms with van der Waals surface area (Å²) in [6.07, 6.45) is 0. The van der Waals surface area contributed by atoms with Gasteiger partial charge in [0.05, 0.1) is 10.9 Å². The van der Waals surface area contributed by atoms with Crippen LogP contribution in [0.5, 0.6) is 0 Å². The molecule has 1 rings (SSSR count). The summed E-state index contributed by atoms with van der Waals surface area (Å²) in [5.41, 5.74) is 4.64. The van der Waals surface area contributed by atoms with Crippen LogP contribution in [0.2, 0.25) is 0 Å². The van der Waals surface area contributed by atoms with Crippen molar-refractivity contribution in [3.8, 4) is 0 Å². The van der Waals surface area contributed by atoms with Gasteiger partial charge >= 0.3 is 51.4 Å². The van der Waals surface area contributed by atoms with Crippen molar-refractivity contribution >= 4 is 21.8 Å². The van der Waals surface area contributed by atoms with Crippen molar-refractivity contribution in [1.82, 2.24) is 0 Å². The van der Waals surface area contributed by atoms with Crippen molar-refractivity contribution in [2.45, 2.75) is 4.90 Å². The molecule has 76 valence electrons. The first-order chi connectivity index (χ1) is 6.32. The van der Waals surface area contributed by atoms with Gasteiger partial charge in [-0.2, -0.15) is 8.42 Å². The maximum Gasteiger partial charge on any atom is 1.00 e. The van der Waals surface area contributed by atoms with E-state index in [1.54, 1.807) is 0 Å². The smallest absolute Gasteiger partial charge is 0.545 e.